The molecule has 0 unspecified atom stereocenters. The number of nitrogens with one attached hydrogen (secondary N) is 1. The number of amides is 1. The number of imidazole rings is 1. The van der Waals surface area contributed by atoms with Gasteiger partial charge in [0.1, 0.15) is 28.9 Å². The Labute approximate surface area is 175 Å². The third-order valence-electron chi connectivity index (χ3n) is 4.67. The molecule has 1 aliphatic rings. The number of nitrogens with zero attached hydrogens (tertiary/aromatic N) is 5. The summed E-state index contributed by atoms with van der Waals surface area (Å²) in [6.45, 7) is 0.194. The smallest absolute Gasteiger partial charge is 0.270 e. The lowest BCUT2D eigenvalue weighted by atomic mass is 10.2. The third-order valence-corrected chi connectivity index (χ3v) is 4.67. The number of fused-ring (bicyclic) bond motifs is 2. The third kappa shape index (κ3) is 3.71. The highest BCUT2D eigenvalue weighted by Gasteiger charge is 2.12. The number of pyridine rings is 2. The van der Waals surface area contributed by atoms with E-state index in [2.05, 4.69) is 20.3 Å². The Morgan fingerprint density at radius 2 is 2.03 bits per heavy atom. The van der Waals surface area contributed by atoms with Gasteiger partial charge in [0.25, 0.3) is 11.5 Å². The van der Waals surface area contributed by atoms with E-state index in [1.54, 1.807) is 49.2 Å². The molecule has 5 heterocycles. The van der Waals surface area contributed by atoms with Gasteiger partial charge in [0.15, 0.2) is 0 Å². The second-order valence-electron chi connectivity index (χ2n) is 6.75. The zero-order valence-electron chi connectivity index (χ0n) is 16.2. The molecule has 1 aliphatic heterocycles. The standard InChI is InChI=1S/C22H16N6O3/c29-21-10-17(26-20-4-1-2-8-28(20)21)22(30)24-11-16-13-27-12-15(5-6-19(27)25-16)18-14-31-9-3-7-23-18/h1-10,12-14H,11H2,(H,24,30). The zero-order valence-corrected chi connectivity index (χ0v) is 16.2. The highest BCUT2D eigenvalue weighted by atomic mass is 16.5. The summed E-state index contributed by atoms with van der Waals surface area (Å²) in [5.74, 6) is -0.441. The predicted molar refractivity (Wildman–Crippen MR) is 115 cm³/mol. The van der Waals surface area contributed by atoms with Crippen LogP contribution in [-0.4, -0.2) is 30.9 Å². The molecule has 0 aliphatic carbocycles. The van der Waals surface area contributed by atoms with Gasteiger partial charge in [-0.25, -0.2) is 9.97 Å². The van der Waals surface area contributed by atoms with E-state index in [4.69, 9.17) is 4.74 Å². The van der Waals surface area contributed by atoms with Crippen molar-refractivity contribution < 1.29 is 9.53 Å². The molecule has 0 atom stereocenters. The fourth-order valence-corrected chi connectivity index (χ4v) is 3.19. The lowest BCUT2D eigenvalue weighted by molar-refractivity contribution is 0.0945. The molecule has 0 saturated carbocycles. The molecule has 0 saturated heterocycles. The fourth-order valence-electron chi connectivity index (χ4n) is 3.19. The lowest BCUT2D eigenvalue weighted by Gasteiger charge is -2.04. The molecule has 0 fully saturated rings. The van der Waals surface area contributed by atoms with Crippen LogP contribution in [-0.2, 0) is 11.3 Å². The first kappa shape index (κ1) is 18.5. The van der Waals surface area contributed by atoms with Gasteiger partial charge in [-0.1, -0.05) is 6.07 Å². The van der Waals surface area contributed by atoms with Crippen LogP contribution < -0.4 is 10.9 Å². The van der Waals surface area contributed by atoms with E-state index >= 15 is 0 Å². The van der Waals surface area contributed by atoms with Crippen molar-refractivity contribution in [3.05, 3.63) is 101 Å². The number of carbonyl (C=O) groups excluding carboxylic acids is 1. The van der Waals surface area contributed by atoms with Gasteiger partial charge >= 0.3 is 0 Å². The predicted octanol–water partition coefficient (Wildman–Crippen LogP) is 2.19. The van der Waals surface area contributed by atoms with Crippen molar-refractivity contribution in [2.24, 2.45) is 4.99 Å². The number of hydrogen-bond donors (Lipinski definition) is 1. The molecule has 0 spiro atoms. The van der Waals surface area contributed by atoms with Crippen LogP contribution in [0.5, 0.6) is 0 Å². The molecule has 0 bridgehead atoms. The molecule has 31 heavy (non-hydrogen) atoms. The minimum Gasteiger partial charge on any atom is -0.470 e. The second kappa shape index (κ2) is 7.71. The van der Waals surface area contributed by atoms with Gasteiger partial charge in [0.2, 0.25) is 0 Å². The summed E-state index contributed by atoms with van der Waals surface area (Å²) in [5, 5.41) is 2.77. The minimum atomic E-state index is -0.441. The van der Waals surface area contributed by atoms with Gasteiger partial charge in [-0.3, -0.25) is 19.0 Å². The van der Waals surface area contributed by atoms with Crippen LogP contribution in [0.25, 0.3) is 17.0 Å². The largest absolute Gasteiger partial charge is 0.470 e. The monoisotopic (exact) mass is 412 g/mol. The molecule has 9 nitrogen and oxygen atoms in total. The summed E-state index contributed by atoms with van der Waals surface area (Å²) in [4.78, 5) is 37.8. The summed E-state index contributed by atoms with van der Waals surface area (Å²) in [6, 6.07) is 10.1. The molecular weight excluding hydrogens is 396 g/mol. The Morgan fingerprint density at radius 3 is 2.97 bits per heavy atom. The van der Waals surface area contributed by atoms with Crippen LogP contribution in [0.2, 0.25) is 0 Å². The number of hydrogen-bond acceptors (Lipinski definition) is 6. The van der Waals surface area contributed by atoms with E-state index in [9.17, 15) is 9.59 Å². The summed E-state index contributed by atoms with van der Waals surface area (Å²) >= 11 is 0. The van der Waals surface area contributed by atoms with Crippen LogP contribution in [0, 0.1) is 0 Å². The number of aromatic nitrogens is 4. The molecule has 5 rings (SSSR count). The van der Waals surface area contributed by atoms with E-state index in [-0.39, 0.29) is 17.8 Å². The number of ether oxygens (including phenoxy) is 1. The van der Waals surface area contributed by atoms with Crippen molar-refractivity contribution in [2.45, 2.75) is 6.54 Å². The van der Waals surface area contributed by atoms with Gasteiger partial charge in [0.05, 0.1) is 18.5 Å². The molecule has 4 aromatic rings. The molecule has 9 heteroatoms. The van der Waals surface area contributed by atoms with Crippen LogP contribution in [0.15, 0.2) is 83.4 Å². The zero-order chi connectivity index (χ0) is 21.2. The number of carbonyl (C=O) groups is 1. The first-order chi connectivity index (χ1) is 15.2. The van der Waals surface area contributed by atoms with Gasteiger partial charge in [-0.2, -0.15) is 0 Å². The minimum absolute atomic E-state index is 0.0639. The van der Waals surface area contributed by atoms with Crippen LogP contribution in [0.1, 0.15) is 21.7 Å². The Morgan fingerprint density at radius 1 is 1.10 bits per heavy atom. The topological polar surface area (TPSA) is 102 Å². The highest BCUT2D eigenvalue weighted by Crippen LogP contribution is 2.18. The van der Waals surface area contributed by atoms with Crippen molar-refractivity contribution in [3.8, 4) is 0 Å². The lowest BCUT2D eigenvalue weighted by Crippen LogP contribution is -2.27. The Kier molecular flexibility index (Phi) is 4.60. The number of rotatable bonds is 4. The van der Waals surface area contributed by atoms with E-state index in [1.165, 1.54) is 10.5 Å². The molecule has 1 N–H and O–H groups in total. The Hall–Kier alpha value is -4.53. The Bertz CT molecular complexity index is 1460. The molecule has 4 aromatic heterocycles. The summed E-state index contributed by atoms with van der Waals surface area (Å²) in [7, 11) is 0. The van der Waals surface area contributed by atoms with Gasteiger partial charge in [-0.15, -0.1) is 0 Å². The SMILES string of the molecule is O=C(NCc1cn2cc(C3=COC=CC=N3)ccc2n1)c1cc(=O)n2ccccc2n1. The fraction of sp³-hybridized carbons (Fsp3) is 0.0455. The van der Waals surface area contributed by atoms with E-state index in [0.717, 1.165) is 11.2 Å². The van der Waals surface area contributed by atoms with Crippen LogP contribution in [0.3, 0.4) is 0 Å². The van der Waals surface area contributed by atoms with E-state index in [0.29, 0.717) is 17.0 Å². The van der Waals surface area contributed by atoms with Crippen LogP contribution in [0.4, 0.5) is 0 Å². The van der Waals surface area contributed by atoms with E-state index < -0.39 is 5.91 Å². The van der Waals surface area contributed by atoms with Crippen LogP contribution >= 0.6 is 0 Å². The summed E-state index contributed by atoms with van der Waals surface area (Å²) in [5.41, 5.74) is 3.10. The van der Waals surface area contributed by atoms with Crippen molar-refractivity contribution >= 4 is 29.1 Å². The van der Waals surface area contributed by atoms with Gasteiger partial charge in [-0.05, 0) is 30.3 Å². The number of allylic oxidation sites excluding steroid dienone is 1. The molecule has 0 radical (unpaired) electrons. The molecule has 152 valence electrons. The maximum absolute atomic E-state index is 12.5. The average molecular weight is 412 g/mol. The first-order valence-corrected chi connectivity index (χ1v) is 9.47. The highest BCUT2D eigenvalue weighted by molar-refractivity contribution is 5.92. The Balaban J connectivity index is 1.34. The van der Waals surface area contributed by atoms with Crippen molar-refractivity contribution in [3.63, 3.8) is 0 Å². The summed E-state index contributed by atoms with van der Waals surface area (Å²) in [6.07, 6.45) is 11.8. The van der Waals surface area contributed by atoms with Crippen molar-refractivity contribution in [1.82, 2.24) is 24.1 Å². The van der Waals surface area contributed by atoms with E-state index in [1.807, 2.05) is 28.9 Å². The number of aliphatic imine (C=N–C) groups is 1. The molecule has 0 aromatic carbocycles. The average Bonchev–Trinajstić information content (AvgIpc) is 3.00. The molecule has 1 amide bonds. The summed E-state index contributed by atoms with van der Waals surface area (Å²) < 4.78 is 8.48. The normalized spacial score (nSPS) is 13.1. The van der Waals surface area contributed by atoms with Gasteiger partial charge in [0, 0.05) is 36.4 Å². The maximum Gasteiger partial charge on any atom is 0.270 e. The quantitative estimate of drug-likeness (QED) is 0.554. The molecular formula is C22H16N6O3. The maximum atomic E-state index is 12.5. The van der Waals surface area contributed by atoms with Crippen molar-refractivity contribution in [1.29, 1.82) is 0 Å². The first-order valence-electron chi connectivity index (χ1n) is 9.47. The second-order valence-corrected chi connectivity index (χ2v) is 6.75. The van der Waals surface area contributed by atoms with Crippen molar-refractivity contribution in [2.75, 3.05) is 0 Å². The van der Waals surface area contributed by atoms with Gasteiger partial charge < -0.3 is 14.5 Å².